The molecule has 0 fully saturated rings. The first-order valence-electron chi connectivity index (χ1n) is 5.56. The number of rotatable bonds is 4. The van der Waals surface area contributed by atoms with Crippen LogP contribution >= 0.6 is 22.9 Å². The van der Waals surface area contributed by atoms with Crippen LogP contribution in [-0.4, -0.2) is 14.9 Å². The molecular weight excluding hydrogens is 256 g/mol. The number of aliphatic hydroxyl groups excluding tert-OH is 1. The third kappa shape index (κ3) is 2.89. The maximum atomic E-state index is 10.1. The number of aliphatic hydroxyl groups is 1. The van der Waals surface area contributed by atoms with Crippen LogP contribution in [0.2, 0.25) is 4.34 Å². The zero-order valence-corrected chi connectivity index (χ0v) is 11.4. The fourth-order valence-corrected chi connectivity index (χ4v) is 2.89. The highest BCUT2D eigenvalue weighted by molar-refractivity contribution is 7.16. The van der Waals surface area contributed by atoms with Gasteiger partial charge in [0.15, 0.2) is 0 Å². The molecule has 1 atom stereocenters. The molecule has 0 radical (unpaired) electrons. The summed E-state index contributed by atoms with van der Waals surface area (Å²) in [5.41, 5.74) is 2.04. The van der Waals surface area contributed by atoms with Gasteiger partial charge in [-0.3, -0.25) is 4.68 Å². The SMILES string of the molecule is CCn1nc(C)cc1CC(O)c1ccc(Cl)s1. The van der Waals surface area contributed by atoms with Gasteiger partial charge in [-0.15, -0.1) is 11.3 Å². The van der Waals surface area contributed by atoms with E-state index in [-0.39, 0.29) is 0 Å². The van der Waals surface area contributed by atoms with Gasteiger partial charge in [0.2, 0.25) is 0 Å². The Balaban J connectivity index is 2.14. The molecule has 0 aliphatic rings. The maximum absolute atomic E-state index is 10.1. The standard InChI is InChI=1S/C12H15ClN2OS/c1-3-15-9(6-8(2)14-15)7-10(16)11-4-5-12(13)17-11/h4-6,10,16H,3,7H2,1-2H3. The summed E-state index contributed by atoms with van der Waals surface area (Å²) >= 11 is 7.28. The maximum Gasteiger partial charge on any atom is 0.0937 e. The van der Waals surface area contributed by atoms with Crippen LogP contribution < -0.4 is 0 Å². The van der Waals surface area contributed by atoms with Gasteiger partial charge in [-0.05, 0) is 32.0 Å². The van der Waals surface area contributed by atoms with Crippen LogP contribution in [0.3, 0.4) is 0 Å². The first kappa shape index (κ1) is 12.6. The number of halogens is 1. The average molecular weight is 271 g/mol. The Bertz CT molecular complexity index is 506. The fourth-order valence-electron chi connectivity index (χ4n) is 1.84. The van der Waals surface area contributed by atoms with Crippen molar-refractivity contribution >= 4 is 22.9 Å². The lowest BCUT2D eigenvalue weighted by atomic mass is 10.1. The van der Waals surface area contributed by atoms with Crippen LogP contribution in [0, 0.1) is 6.92 Å². The molecule has 0 saturated heterocycles. The van der Waals surface area contributed by atoms with Crippen LogP contribution in [0.4, 0.5) is 0 Å². The molecule has 0 bridgehead atoms. The lowest BCUT2D eigenvalue weighted by Gasteiger charge is -2.09. The zero-order chi connectivity index (χ0) is 12.4. The van der Waals surface area contributed by atoms with E-state index in [2.05, 4.69) is 5.10 Å². The lowest BCUT2D eigenvalue weighted by molar-refractivity contribution is 0.179. The van der Waals surface area contributed by atoms with Crippen LogP contribution in [0.15, 0.2) is 18.2 Å². The van der Waals surface area contributed by atoms with E-state index in [1.54, 1.807) is 0 Å². The summed E-state index contributed by atoms with van der Waals surface area (Å²) in [4.78, 5) is 0.900. The van der Waals surface area contributed by atoms with Crippen molar-refractivity contribution in [3.05, 3.63) is 38.8 Å². The number of hydrogen-bond acceptors (Lipinski definition) is 3. The minimum absolute atomic E-state index is 0.506. The predicted octanol–water partition coefficient (Wildman–Crippen LogP) is 3.20. The first-order chi connectivity index (χ1) is 8.10. The van der Waals surface area contributed by atoms with E-state index in [1.807, 2.05) is 36.7 Å². The van der Waals surface area contributed by atoms with Crippen molar-refractivity contribution in [1.29, 1.82) is 0 Å². The van der Waals surface area contributed by atoms with Gasteiger partial charge >= 0.3 is 0 Å². The molecule has 2 heterocycles. The molecule has 0 aliphatic heterocycles. The van der Waals surface area contributed by atoms with Crippen LogP contribution in [0.5, 0.6) is 0 Å². The van der Waals surface area contributed by atoms with E-state index in [0.717, 1.165) is 22.8 Å². The molecule has 2 aromatic rings. The molecule has 3 nitrogen and oxygen atoms in total. The van der Waals surface area contributed by atoms with Crippen LogP contribution in [-0.2, 0) is 13.0 Å². The second kappa shape index (κ2) is 5.21. The predicted molar refractivity (Wildman–Crippen MR) is 70.6 cm³/mol. The van der Waals surface area contributed by atoms with Gasteiger partial charge < -0.3 is 5.11 Å². The lowest BCUT2D eigenvalue weighted by Crippen LogP contribution is -2.07. The smallest absolute Gasteiger partial charge is 0.0937 e. The van der Waals surface area contributed by atoms with Gasteiger partial charge in [-0.1, -0.05) is 11.6 Å². The average Bonchev–Trinajstić information content (AvgIpc) is 2.85. The molecule has 92 valence electrons. The molecular formula is C12H15ClN2OS. The third-order valence-electron chi connectivity index (χ3n) is 2.61. The van der Waals surface area contributed by atoms with Gasteiger partial charge in [0, 0.05) is 23.5 Å². The van der Waals surface area contributed by atoms with E-state index in [0.29, 0.717) is 10.8 Å². The van der Waals surface area contributed by atoms with Crippen molar-refractivity contribution in [2.45, 2.75) is 32.9 Å². The summed E-state index contributed by atoms with van der Waals surface area (Å²) in [6.45, 7) is 4.83. The van der Waals surface area contributed by atoms with Crippen LogP contribution in [0.1, 0.15) is 29.3 Å². The van der Waals surface area contributed by atoms with E-state index in [9.17, 15) is 5.11 Å². The molecule has 0 amide bonds. The minimum Gasteiger partial charge on any atom is -0.387 e. The topological polar surface area (TPSA) is 38.0 Å². The van der Waals surface area contributed by atoms with Crippen molar-refractivity contribution in [3.63, 3.8) is 0 Å². The molecule has 17 heavy (non-hydrogen) atoms. The normalized spacial score (nSPS) is 12.9. The molecule has 0 aromatic carbocycles. The summed E-state index contributed by atoms with van der Waals surface area (Å²) in [7, 11) is 0. The Hall–Kier alpha value is -0.840. The summed E-state index contributed by atoms with van der Waals surface area (Å²) in [6.07, 6.45) is 0.0693. The molecule has 1 unspecified atom stereocenters. The third-order valence-corrected chi connectivity index (χ3v) is 3.94. The van der Waals surface area contributed by atoms with Gasteiger partial charge in [0.1, 0.15) is 0 Å². The fraction of sp³-hybridized carbons (Fsp3) is 0.417. The molecule has 0 spiro atoms. The molecule has 1 N–H and O–H groups in total. The number of nitrogens with zero attached hydrogens (tertiary/aromatic N) is 2. The number of thiophene rings is 1. The van der Waals surface area contributed by atoms with E-state index >= 15 is 0 Å². The molecule has 0 aliphatic carbocycles. The largest absolute Gasteiger partial charge is 0.387 e. The van der Waals surface area contributed by atoms with Gasteiger partial charge in [0.25, 0.3) is 0 Å². The summed E-state index contributed by atoms with van der Waals surface area (Å²) in [5, 5.41) is 14.5. The first-order valence-corrected chi connectivity index (χ1v) is 6.76. The molecule has 5 heteroatoms. The van der Waals surface area contributed by atoms with Gasteiger partial charge in [-0.25, -0.2) is 0 Å². The van der Waals surface area contributed by atoms with E-state index < -0.39 is 6.10 Å². The van der Waals surface area contributed by atoms with Gasteiger partial charge in [0.05, 0.1) is 16.1 Å². The number of hydrogen-bond donors (Lipinski definition) is 1. The Morgan fingerprint density at radius 1 is 1.53 bits per heavy atom. The second-order valence-electron chi connectivity index (χ2n) is 3.95. The summed E-state index contributed by atoms with van der Waals surface area (Å²) in [5.74, 6) is 0. The van der Waals surface area contributed by atoms with Crippen molar-refractivity contribution in [1.82, 2.24) is 9.78 Å². The number of aromatic nitrogens is 2. The summed E-state index contributed by atoms with van der Waals surface area (Å²) in [6, 6.07) is 5.70. The Labute approximate surface area is 110 Å². The quantitative estimate of drug-likeness (QED) is 0.926. The Morgan fingerprint density at radius 3 is 2.88 bits per heavy atom. The van der Waals surface area contributed by atoms with Crippen molar-refractivity contribution < 1.29 is 5.11 Å². The zero-order valence-electron chi connectivity index (χ0n) is 9.85. The van der Waals surface area contributed by atoms with Gasteiger partial charge in [-0.2, -0.15) is 5.10 Å². The second-order valence-corrected chi connectivity index (χ2v) is 5.70. The van der Waals surface area contributed by atoms with Crippen molar-refractivity contribution in [2.24, 2.45) is 0 Å². The summed E-state index contributed by atoms with van der Waals surface area (Å²) < 4.78 is 2.63. The minimum atomic E-state index is -0.506. The van der Waals surface area contributed by atoms with Crippen LogP contribution in [0.25, 0.3) is 0 Å². The highest BCUT2D eigenvalue weighted by Gasteiger charge is 2.14. The Kier molecular flexibility index (Phi) is 3.86. The molecule has 2 rings (SSSR count). The van der Waals surface area contributed by atoms with Crippen molar-refractivity contribution in [2.75, 3.05) is 0 Å². The Morgan fingerprint density at radius 2 is 2.29 bits per heavy atom. The van der Waals surface area contributed by atoms with Crippen molar-refractivity contribution in [3.8, 4) is 0 Å². The highest BCUT2D eigenvalue weighted by Crippen LogP contribution is 2.28. The van der Waals surface area contributed by atoms with E-state index in [1.165, 1.54) is 11.3 Å². The van der Waals surface area contributed by atoms with E-state index in [4.69, 9.17) is 11.6 Å². The highest BCUT2D eigenvalue weighted by atomic mass is 35.5. The molecule has 0 saturated carbocycles. The molecule has 2 aromatic heterocycles. The monoisotopic (exact) mass is 270 g/mol. The number of aryl methyl sites for hydroxylation is 2.